The molecule has 4 rings (SSSR count). The van der Waals surface area contributed by atoms with Crippen molar-refractivity contribution in [3.63, 3.8) is 0 Å². The number of nitrogens with zero attached hydrogens (tertiary/aromatic N) is 1. The van der Waals surface area contributed by atoms with Gasteiger partial charge in [-0.2, -0.15) is 8.42 Å². The minimum Gasteiger partial charge on any atom is -0.377 e. The Morgan fingerprint density at radius 2 is 1.57 bits per heavy atom. The Morgan fingerprint density at radius 1 is 0.857 bits per heavy atom. The first-order valence-electron chi connectivity index (χ1n) is 9.72. The molecule has 1 aliphatic rings. The minimum atomic E-state index is -4.13. The summed E-state index contributed by atoms with van der Waals surface area (Å²) in [6.07, 6.45) is 1.49. The lowest BCUT2D eigenvalue weighted by Gasteiger charge is -2.13. The lowest BCUT2D eigenvalue weighted by atomic mass is 10.2. The molecule has 0 N–H and O–H groups in total. The summed E-state index contributed by atoms with van der Waals surface area (Å²) >= 11 is 24.7. The van der Waals surface area contributed by atoms with Gasteiger partial charge >= 0.3 is 10.1 Å². The van der Waals surface area contributed by atoms with Gasteiger partial charge < -0.3 is 4.18 Å². The van der Waals surface area contributed by atoms with E-state index in [1.54, 1.807) is 18.2 Å². The molecule has 35 heavy (non-hydrogen) atoms. The van der Waals surface area contributed by atoms with Gasteiger partial charge in [-0.1, -0.05) is 58.5 Å². The van der Waals surface area contributed by atoms with Crippen LogP contribution in [0.15, 0.2) is 70.5 Å². The normalized spacial score (nSPS) is 15.2. The molecule has 0 spiro atoms. The number of amides is 2. The van der Waals surface area contributed by atoms with Crippen molar-refractivity contribution in [2.24, 2.45) is 0 Å². The van der Waals surface area contributed by atoms with Crippen molar-refractivity contribution in [1.29, 1.82) is 0 Å². The van der Waals surface area contributed by atoms with Crippen LogP contribution >= 0.6 is 58.2 Å². The molecule has 1 heterocycles. The maximum atomic E-state index is 12.8. The summed E-state index contributed by atoms with van der Waals surface area (Å²) in [4.78, 5) is 26.4. The largest absolute Gasteiger partial charge is 0.377 e. The number of carbonyl (C=O) groups excluding carboxylic acids is 2. The molecule has 0 radical (unpaired) electrons. The SMILES string of the molecule is O=C1S/C(=C\c2ccc(OS(=O)(=O)c3ccc(Cl)cc3)c(Cl)c2)C(=O)N1Cc1ccc(Cl)c(Cl)c1. The lowest BCUT2D eigenvalue weighted by Crippen LogP contribution is -2.27. The van der Waals surface area contributed by atoms with E-state index in [9.17, 15) is 18.0 Å². The zero-order chi connectivity index (χ0) is 25.3. The first-order chi connectivity index (χ1) is 16.5. The molecule has 2 amide bonds. The molecule has 0 saturated carbocycles. The Morgan fingerprint density at radius 3 is 2.23 bits per heavy atom. The Kier molecular flexibility index (Phi) is 7.71. The van der Waals surface area contributed by atoms with Gasteiger partial charge in [-0.25, -0.2) is 0 Å². The summed E-state index contributed by atoms with van der Waals surface area (Å²) in [7, 11) is -4.13. The van der Waals surface area contributed by atoms with Gasteiger partial charge in [0.15, 0.2) is 5.75 Å². The number of halogens is 4. The molecule has 0 aliphatic carbocycles. The third-order valence-electron chi connectivity index (χ3n) is 4.75. The maximum Gasteiger partial charge on any atom is 0.339 e. The fourth-order valence-electron chi connectivity index (χ4n) is 3.05. The van der Waals surface area contributed by atoms with Crippen molar-refractivity contribution < 1.29 is 22.2 Å². The molecule has 1 aliphatic heterocycles. The van der Waals surface area contributed by atoms with E-state index < -0.39 is 21.3 Å². The molecule has 0 unspecified atom stereocenters. The van der Waals surface area contributed by atoms with Crippen molar-refractivity contribution in [2.75, 3.05) is 0 Å². The molecular formula is C23H13Cl4NO5S2. The van der Waals surface area contributed by atoms with Gasteiger partial charge in [-0.3, -0.25) is 14.5 Å². The topological polar surface area (TPSA) is 80.8 Å². The van der Waals surface area contributed by atoms with Crippen LogP contribution in [0.25, 0.3) is 6.08 Å². The van der Waals surface area contributed by atoms with Crippen LogP contribution in [0.1, 0.15) is 11.1 Å². The van der Waals surface area contributed by atoms with Crippen molar-refractivity contribution in [2.45, 2.75) is 11.4 Å². The van der Waals surface area contributed by atoms with Crippen LogP contribution in [0, 0.1) is 0 Å². The van der Waals surface area contributed by atoms with E-state index in [-0.39, 0.29) is 27.1 Å². The summed E-state index contributed by atoms with van der Waals surface area (Å²) in [6.45, 7) is 0.0367. The highest BCUT2D eigenvalue weighted by molar-refractivity contribution is 8.18. The zero-order valence-corrected chi connectivity index (χ0v) is 22.0. The molecule has 1 saturated heterocycles. The highest BCUT2D eigenvalue weighted by Crippen LogP contribution is 2.35. The van der Waals surface area contributed by atoms with Crippen LogP contribution in [0.3, 0.4) is 0 Å². The second-order valence-corrected chi connectivity index (χ2v) is 11.4. The molecular weight excluding hydrogens is 576 g/mol. The number of imide groups is 1. The van der Waals surface area contributed by atoms with Gasteiger partial charge in [0.2, 0.25) is 0 Å². The summed E-state index contributed by atoms with van der Waals surface area (Å²) < 4.78 is 30.1. The van der Waals surface area contributed by atoms with E-state index in [4.69, 9.17) is 50.6 Å². The predicted molar refractivity (Wildman–Crippen MR) is 139 cm³/mol. The number of carbonyl (C=O) groups is 2. The second kappa shape index (κ2) is 10.4. The number of rotatable bonds is 6. The molecule has 0 atom stereocenters. The van der Waals surface area contributed by atoms with Crippen molar-refractivity contribution in [1.82, 2.24) is 4.90 Å². The number of thioether (sulfide) groups is 1. The number of hydrogen-bond acceptors (Lipinski definition) is 6. The molecule has 0 aromatic heterocycles. The fraction of sp³-hybridized carbons (Fsp3) is 0.0435. The summed E-state index contributed by atoms with van der Waals surface area (Å²) in [5, 5.41) is 0.642. The van der Waals surface area contributed by atoms with Gasteiger partial charge in [0.1, 0.15) is 4.90 Å². The van der Waals surface area contributed by atoms with Crippen LogP contribution in [0.5, 0.6) is 5.75 Å². The van der Waals surface area contributed by atoms with Crippen LogP contribution in [0.2, 0.25) is 20.1 Å². The van der Waals surface area contributed by atoms with Gasteiger partial charge in [-0.15, -0.1) is 0 Å². The maximum absolute atomic E-state index is 12.8. The molecule has 6 nitrogen and oxygen atoms in total. The Balaban J connectivity index is 1.51. The van der Waals surface area contributed by atoms with E-state index in [0.29, 0.717) is 26.2 Å². The highest BCUT2D eigenvalue weighted by Gasteiger charge is 2.35. The monoisotopic (exact) mass is 587 g/mol. The second-order valence-electron chi connectivity index (χ2n) is 7.20. The van der Waals surface area contributed by atoms with E-state index in [0.717, 1.165) is 16.7 Å². The highest BCUT2D eigenvalue weighted by atomic mass is 35.5. The zero-order valence-electron chi connectivity index (χ0n) is 17.4. The quantitative estimate of drug-likeness (QED) is 0.222. The van der Waals surface area contributed by atoms with Gasteiger partial charge in [0, 0.05) is 5.02 Å². The standard InChI is InChI=1S/C23H13Cl4NO5S2/c24-15-3-5-16(6-4-15)35(31,32)33-20-8-2-13(9-19(20)27)11-21-22(29)28(23(30)34-21)12-14-1-7-17(25)18(26)10-14/h1-11H,12H2/b21-11-. The first-order valence-corrected chi connectivity index (χ1v) is 13.5. The predicted octanol–water partition coefficient (Wildman–Crippen LogP) is 7.30. The fourth-order valence-corrected chi connectivity index (χ4v) is 5.56. The van der Waals surface area contributed by atoms with Crippen molar-refractivity contribution >= 4 is 85.5 Å². The number of hydrogen-bond donors (Lipinski definition) is 0. The molecule has 180 valence electrons. The lowest BCUT2D eigenvalue weighted by molar-refractivity contribution is -0.123. The summed E-state index contributed by atoms with van der Waals surface area (Å²) in [6, 6.07) is 14.7. The minimum absolute atomic E-state index is 0.00585. The average Bonchev–Trinajstić information content (AvgIpc) is 3.05. The van der Waals surface area contributed by atoms with E-state index in [2.05, 4.69) is 0 Å². The third-order valence-corrected chi connectivity index (χ3v) is 8.20. The number of benzene rings is 3. The van der Waals surface area contributed by atoms with Crippen LogP contribution in [0.4, 0.5) is 4.79 Å². The molecule has 3 aromatic carbocycles. The van der Waals surface area contributed by atoms with Gasteiger partial charge in [0.05, 0.1) is 26.5 Å². The molecule has 12 heteroatoms. The van der Waals surface area contributed by atoms with Gasteiger partial charge in [0.25, 0.3) is 11.1 Å². The third kappa shape index (κ3) is 5.97. The van der Waals surface area contributed by atoms with E-state index in [1.165, 1.54) is 48.5 Å². The Bertz CT molecular complexity index is 1470. The van der Waals surface area contributed by atoms with Crippen LogP contribution in [-0.4, -0.2) is 24.5 Å². The van der Waals surface area contributed by atoms with Crippen LogP contribution in [-0.2, 0) is 21.5 Å². The van der Waals surface area contributed by atoms with Crippen molar-refractivity contribution in [3.05, 3.63) is 96.8 Å². The van der Waals surface area contributed by atoms with E-state index >= 15 is 0 Å². The van der Waals surface area contributed by atoms with Crippen LogP contribution < -0.4 is 4.18 Å². The smallest absolute Gasteiger partial charge is 0.339 e. The molecule has 1 fully saturated rings. The Hall–Kier alpha value is -2.20. The van der Waals surface area contributed by atoms with Crippen molar-refractivity contribution in [3.8, 4) is 5.75 Å². The van der Waals surface area contributed by atoms with Gasteiger partial charge in [-0.05, 0) is 77.5 Å². The summed E-state index contributed by atoms with van der Waals surface area (Å²) in [5.74, 6) is -0.570. The Labute approximate surface area is 225 Å². The molecule has 3 aromatic rings. The first kappa shape index (κ1) is 25.9. The average molecular weight is 589 g/mol. The summed E-state index contributed by atoms with van der Waals surface area (Å²) in [5.41, 5.74) is 1.13. The van der Waals surface area contributed by atoms with E-state index in [1.807, 2.05) is 0 Å². The molecule has 0 bridgehead atoms.